The number of rotatable bonds is 7. The van der Waals surface area contributed by atoms with E-state index in [2.05, 4.69) is 10.6 Å². The lowest BCUT2D eigenvalue weighted by molar-refractivity contribution is -0.385. The van der Waals surface area contributed by atoms with E-state index in [-0.39, 0.29) is 22.9 Å². The molecule has 0 aromatic heterocycles. The minimum absolute atomic E-state index is 0.00521. The monoisotopic (exact) mass is 419 g/mol. The third-order valence-electron chi connectivity index (χ3n) is 4.39. The topological polar surface area (TPSA) is 111 Å². The van der Waals surface area contributed by atoms with Gasteiger partial charge in [-0.1, -0.05) is 30.3 Å². The van der Waals surface area contributed by atoms with Gasteiger partial charge in [-0.3, -0.25) is 19.7 Å². The summed E-state index contributed by atoms with van der Waals surface area (Å²) in [4.78, 5) is 35.7. The summed E-state index contributed by atoms with van der Waals surface area (Å²) in [7, 11) is 0. The molecule has 3 aromatic rings. The number of hydrogen-bond acceptors (Lipinski definition) is 5. The second kappa shape index (κ2) is 9.53. The van der Waals surface area contributed by atoms with Gasteiger partial charge in [-0.25, -0.2) is 0 Å². The van der Waals surface area contributed by atoms with Crippen LogP contribution in [0.15, 0.2) is 66.7 Å². The summed E-state index contributed by atoms with van der Waals surface area (Å²) in [5.74, 6) is -0.922. The Kier molecular flexibility index (Phi) is 6.61. The Labute approximate surface area is 179 Å². The summed E-state index contributed by atoms with van der Waals surface area (Å²) in [5, 5.41) is 16.6. The van der Waals surface area contributed by atoms with Gasteiger partial charge < -0.3 is 15.4 Å². The fourth-order valence-electron chi connectivity index (χ4n) is 2.93. The standard InChI is InChI=1S/C23H21N3O5/c1-15-6-5-7-17(12-15)24-23(28)18-8-3-4-9-19(18)25-22(27)14-31-21-13-16(2)10-11-20(21)26(29)30/h3-13H,14H2,1-2H3,(H,24,28)(H,25,27). The van der Waals surface area contributed by atoms with Gasteiger partial charge in [0.05, 0.1) is 16.2 Å². The van der Waals surface area contributed by atoms with Crippen molar-refractivity contribution in [2.24, 2.45) is 0 Å². The van der Waals surface area contributed by atoms with Gasteiger partial charge in [-0.2, -0.15) is 0 Å². The summed E-state index contributed by atoms with van der Waals surface area (Å²) in [6.07, 6.45) is 0. The first-order chi connectivity index (χ1) is 14.8. The van der Waals surface area contributed by atoms with Crippen LogP contribution in [0.25, 0.3) is 0 Å². The number of anilines is 2. The number of ether oxygens (including phenoxy) is 1. The van der Waals surface area contributed by atoms with Gasteiger partial charge in [-0.15, -0.1) is 0 Å². The van der Waals surface area contributed by atoms with E-state index in [1.54, 1.807) is 43.3 Å². The van der Waals surface area contributed by atoms with Crippen LogP contribution >= 0.6 is 0 Å². The first-order valence-corrected chi connectivity index (χ1v) is 9.48. The van der Waals surface area contributed by atoms with E-state index >= 15 is 0 Å². The van der Waals surface area contributed by atoms with E-state index in [0.717, 1.165) is 11.1 Å². The number of nitrogens with zero attached hydrogens (tertiary/aromatic N) is 1. The van der Waals surface area contributed by atoms with Gasteiger partial charge in [0, 0.05) is 11.8 Å². The van der Waals surface area contributed by atoms with Gasteiger partial charge in [0.2, 0.25) is 0 Å². The van der Waals surface area contributed by atoms with E-state index in [1.165, 1.54) is 12.1 Å². The molecule has 8 nitrogen and oxygen atoms in total. The molecule has 0 fully saturated rings. The van der Waals surface area contributed by atoms with E-state index in [1.807, 2.05) is 25.1 Å². The fourth-order valence-corrected chi connectivity index (χ4v) is 2.93. The quantitative estimate of drug-likeness (QED) is 0.433. The number of carbonyl (C=O) groups excluding carboxylic acids is 2. The number of aryl methyl sites for hydroxylation is 2. The molecule has 2 amide bonds. The molecule has 8 heteroatoms. The maximum atomic E-state index is 12.7. The number of hydrogen-bond donors (Lipinski definition) is 2. The number of nitro benzene ring substituents is 1. The summed E-state index contributed by atoms with van der Waals surface area (Å²) >= 11 is 0. The number of para-hydroxylation sites is 1. The van der Waals surface area contributed by atoms with Crippen LogP contribution < -0.4 is 15.4 Å². The van der Waals surface area contributed by atoms with E-state index in [4.69, 9.17) is 4.74 Å². The van der Waals surface area contributed by atoms with Gasteiger partial charge in [0.1, 0.15) is 0 Å². The summed E-state index contributed by atoms with van der Waals surface area (Å²) in [5.41, 5.74) is 2.76. The zero-order valence-electron chi connectivity index (χ0n) is 17.0. The van der Waals surface area contributed by atoms with Crippen LogP contribution in [0.5, 0.6) is 5.75 Å². The molecule has 0 unspecified atom stereocenters. The number of carbonyl (C=O) groups is 2. The van der Waals surface area contributed by atoms with Crippen LogP contribution in [-0.4, -0.2) is 23.3 Å². The third-order valence-corrected chi connectivity index (χ3v) is 4.39. The summed E-state index contributed by atoms with van der Waals surface area (Å²) < 4.78 is 5.37. The normalized spacial score (nSPS) is 10.3. The van der Waals surface area contributed by atoms with Crippen molar-refractivity contribution in [3.63, 3.8) is 0 Å². The number of nitro groups is 1. The maximum absolute atomic E-state index is 12.7. The molecule has 2 N–H and O–H groups in total. The molecule has 31 heavy (non-hydrogen) atoms. The van der Waals surface area contributed by atoms with Crippen molar-refractivity contribution in [3.8, 4) is 5.75 Å². The Morgan fingerprint density at radius 3 is 2.42 bits per heavy atom. The molecule has 158 valence electrons. The van der Waals surface area contributed by atoms with Crippen LogP contribution in [0.4, 0.5) is 17.1 Å². The molecule has 0 aliphatic rings. The minimum Gasteiger partial charge on any atom is -0.477 e. The average molecular weight is 419 g/mol. The molecule has 0 aliphatic heterocycles. The predicted octanol–water partition coefficient (Wildman–Crippen LogP) is 4.48. The van der Waals surface area contributed by atoms with Crippen molar-refractivity contribution in [1.82, 2.24) is 0 Å². The van der Waals surface area contributed by atoms with Gasteiger partial charge in [0.15, 0.2) is 12.4 Å². The molecule has 0 aliphatic carbocycles. The highest BCUT2D eigenvalue weighted by molar-refractivity contribution is 6.10. The van der Waals surface area contributed by atoms with Gasteiger partial charge in [-0.05, 0) is 55.3 Å². The number of amides is 2. The largest absolute Gasteiger partial charge is 0.477 e. The van der Waals surface area contributed by atoms with Crippen LogP contribution in [0.2, 0.25) is 0 Å². The fraction of sp³-hybridized carbons (Fsp3) is 0.130. The minimum atomic E-state index is -0.572. The molecule has 3 rings (SSSR count). The molecular formula is C23H21N3O5. The first kappa shape index (κ1) is 21.5. The second-order valence-electron chi connectivity index (χ2n) is 6.93. The Hall–Kier alpha value is -4.20. The molecular weight excluding hydrogens is 398 g/mol. The zero-order chi connectivity index (χ0) is 22.4. The van der Waals surface area contributed by atoms with E-state index < -0.39 is 17.4 Å². The Balaban J connectivity index is 1.69. The molecule has 3 aromatic carbocycles. The highest BCUT2D eigenvalue weighted by Crippen LogP contribution is 2.27. The van der Waals surface area contributed by atoms with Crippen molar-refractivity contribution in [2.45, 2.75) is 13.8 Å². The highest BCUT2D eigenvalue weighted by atomic mass is 16.6. The SMILES string of the molecule is Cc1cccc(NC(=O)c2ccccc2NC(=O)COc2cc(C)ccc2[N+](=O)[O-])c1. The zero-order valence-corrected chi connectivity index (χ0v) is 17.0. The second-order valence-corrected chi connectivity index (χ2v) is 6.93. The van der Waals surface area contributed by atoms with Crippen molar-refractivity contribution in [3.05, 3.63) is 93.5 Å². The van der Waals surface area contributed by atoms with Gasteiger partial charge in [0.25, 0.3) is 11.8 Å². The molecule has 0 saturated carbocycles. The smallest absolute Gasteiger partial charge is 0.310 e. The molecule has 0 atom stereocenters. The Morgan fingerprint density at radius 1 is 0.935 bits per heavy atom. The van der Waals surface area contributed by atoms with Crippen LogP contribution in [0, 0.1) is 24.0 Å². The summed E-state index contributed by atoms with van der Waals surface area (Å²) in [6, 6.07) is 18.3. The van der Waals surface area contributed by atoms with Crippen molar-refractivity contribution >= 4 is 28.9 Å². The molecule has 0 spiro atoms. The average Bonchev–Trinajstić information content (AvgIpc) is 2.72. The Bertz CT molecular complexity index is 1140. The highest BCUT2D eigenvalue weighted by Gasteiger charge is 2.17. The van der Waals surface area contributed by atoms with Crippen LogP contribution in [0.1, 0.15) is 21.5 Å². The lowest BCUT2D eigenvalue weighted by Gasteiger charge is -2.12. The lowest BCUT2D eigenvalue weighted by Crippen LogP contribution is -2.23. The molecule has 0 bridgehead atoms. The summed E-state index contributed by atoms with van der Waals surface area (Å²) in [6.45, 7) is 3.24. The maximum Gasteiger partial charge on any atom is 0.310 e. The first-order valence-electron chi connectivity index (χ1n) is 9.48. The number of nitrogens with one attached hydrogen (secondary N) is 2. The van der Waals surface area contributed by atoms with Crippen LogP contribution in [-0.2, 0) is 4.79 Å². The Morgan fingerprint density at radius 2 is 1.68 bits per heavy atom. The number of benzene rings is 3. The predicted molar refractivity (Wildman–Crippen MR) is 118 cm³/mol. The van der Waals surface area contributed by atoms with E-state index in [9.17, 15) is 19.7 Å². The molecule has 0 radical (unpaired) electrons. The van der Waals surface area contributed by atoms with Crippen molar-refractivity contribution < 1.29 is 19.2 Å². The molecule has 0 heterocycles. The molecule has 0 saturated heterocycles. The van der Waals surface area contributed by atoms with Crippen LogP contribution in [0.3, 0.4) is 0 Å². The van der Waals surface area contributed by atoms with Crippen molar-refractivity contribution in [2.75, 3.05) is 17.2 Å². The lowest BCUT2D eigenvalue weighted by atomic mass is 10.1. The van der Waals surface area contributed by atoms with E-state index in [0.29, 0.717) is 11.4 Å². The van der Waals surface area contributed by atoms with Gasteiger partial charge >= 0.3 is 5.69 Å². The van der Waals surface area contributed by atoms with Crippen molar-refractivity contribution in [1.29, 1.82) is 0 Å². The third kappa shape index (κ3) is 5.66.